The fourth-order valence-electron chi connectivity index (χ4n) is 1.92. The number of aryl methyl sites for hydroxylation is 1. The summed E-state index contributed by atoms with van der Waals surface area (Å²) in [4.78, 5) is 23.6. The van der Waals surface area contributed by atoms with Crippen LogP contribution in [0.3, 0.4) is 0 Å². The van der Waals surface area contributed by atoms with Crippen LogP contribution in [-0.2, 0) is 16.0 Å². The minimum Gasteiger partial charge on any atom is -0.347 e. The van der Waals surface area contributed by atoms with Crippen molar-refractivity contribution in [2.75, 3.05) is 11.9 Å². The second-order valence-electron chi connectivity index (χ2n) is 5.00. The van der Waals surface area contributed by atoms with Crippen molar-refractivity contribution in [1.29, 1.82) is 0 Å². The summed E-state index contributed by atoms with van der Waals surface area (Å²) in [7, 11) is 0. The lowest BCUT2D eigenvalue weighted by Gasteiger charge is -2.07. The first-order valence-electron chi connectivity index (χ1n) is 6.90. The van der Waals surface area contributed by atoms with Gasteiger partial charge in [-0.3, -0.25) is 9.59 Å². The molecule has 2 N–H and O–H groups in total. The molecule has 0 unspecified atom stereocenters. The molecule has 5 heteroatoms. The molecule has 0 aliphatic rings. The number of hydrogen-bond acceptors (Lipinski definition) is 2. The van der Waals surface area contributed by atoms with E-state index < -0.39 is 0 Å². The molecule has 0 fully saturated rings. The fraction of sp³-hybridized carbons (Fsp3) is 0.176. The van der Waals surface area contributed by atoms with Gasteiger partial charge in [0.25, 0.3) is 0 Å². The SMILES string of the molecule is Cc1ccc(NC(=O)CNC(=O)Cc2cccc(Cl)c2)cc1. The Bertz CT molecular complexity index is 669. The van der Waals surface area contributed by atoms with Crippen molar-refractivity contribution >= 4 is 29.1 Å². The van der Waals surface area contributed by atoms with E-state index >= 15 is 0 Å². The number of anilines is 1. The minimum atomic E-state index is -0.261. The van der Waals surface area contributed by atoms with E-state index in [9.17, 15) is 9.59 Å². The molecular formula is C17H17ClN2O2. The summed E-state index contributed by atoms with van der Waals surface area (Å²) in [6.45, 7) is 1.91. The van der Waals surface area contributed by atoms with Gasteiger partial charge in [-0.1, -0.05) is 41.4 Å². The molecule has 0 bridgehead atoms. The topological polar surface area (TPSA) is 58.2 Å². The Kier molecular flexibility index (Phi) is 5.55. The lowest BCUT2D eigenvalue weighted by molar-refractivity contribution is -0.123. The zero-order chi connectivity index (χ0) is 15.9. The molecule has 0 saturated heterocycles. The van der Waals surface area contributed by atoms with E-state index in [-0.39, 0.29) is 24.8 Å². The van der Waals surface area contributed by atoms with Gasteiger partial charge in [0, 0.05) is 10.7 Å². The Morgan fingerprint density at radius 1 is 1.05 bits per heavy atom. The first-order chi connectivity index (χ1) is 10.5. The summed E-state index contributed by atoms with van der Waals surface area (Å²) < 4.78 is 0. The third kappa shape index (κ3) is 5.22. The van der Waals surface area contributed by atoms with Crippen LogP contribution in [0.15, 0.2) is 48.5 Å². The van der Waals surface area contributed by atoms with Crippen LogP contribution >= 0.6 is 11.6 Å². The predicted molar refractivity (Wildman–Crippen MR) is 88.0 cm³/mol. The molecule has 0 heterocycles. The molecule has 0 aliphatic carbocycles. The van der Waals surface area contributed by atoms with E-state index in [1.807, 2.05) is 37.3 Å². The monoisotopic (exact) mass is 316 g/mol. The lowest BCUT2D eigenvalue weighted by Crippen LogP contribution is -2.33. The van der Waals surface area contributed by atoms with Gasteiger partial charge in [0.2, 0.25) is 11.8 Å². The highest BCUT2D eigenvalue weighted by Crippen LogP contribution is 2.11. The zero-order valence-electron chi connectivity index (χ0n) is 12.2. The van der Waals surface area contributed by atoms with E-state index in [4.69, 9.17) is 11.6 Å². The van der Waals surface area contributed by atoms with Crippen LogP contribution in [0.1, 0.15) is 11.1 Å². The maximum absolute atomic E-state index is 11.8. The molecule has 0 aliphatic heterocycles. The van der Waals surface area contributed by atoms with Gasteiger partial charge in [0.1, 0.15) is 0 Å². The Morgan fingerprint density at radius 2 is 1.77 bits per heavy atom. The van der Waals surface area contributed by atoms with Crippen LogP contribution in [-0.4, -0.2) is 18.4 Å². The van der Waals surface area contributed by atoms with Gasteiger partial charge in [-0.25, -0.2) is 0 Å². The van der Waals surface area contributed by atoms with Crippen LogP contribution in [0.2, 0.25) is 5.02 Å². The molecule has 2 aromatic carbocycles. The minimum absolute atomic E-state index is 0.0622. The standard InChI is InChI=1S/C17H17ClN2O2/c1-12-5-7-15(8-6-12)20-17(22)11-19-16(21)10-13-3-2-4-14(18)9-13/h2-9H,10-11H2,1H3,(H,19,21)(H,20,22). The third-order valence-electron chi connectivity index (χ3n) is 3.04. The van der Waals surface area contributed by atoms with Crippen LogP contribution < -0.4 is 10.6 Å². The van der Waals surface area contributed by atoms with Gasteiger partial charge >= 0.3 is 0 Å². The molecule has 0 spiro atoms. The molecule has 0 radical (unpaired) electrons. The third-order valence-corrected chi connectivity index (χ3v) is 3.27. The summed E-state index contributed by atoms with van der Waals surface area (Å²) in [6.07, 6.45) is 0.193. The maximum atomic E-state index is 11.8. The van der Waals surface area contributed by atoms with Crippen molar-refractivity contribution in [2.24, 2.45) is 0 Å². The van der Waals surface area contributed by atoms with Gasteiger partial charge in [-0.15, -0.1) is 0 Å². The average molecular weight is 317 g/mol. The highest BCUT2D eigenvalue weighted by atomic mass is 35.5. The highest BCUT2D eigenvalue weighted by Gasteiger charge is 2.07. The molecular weight excluding hydrogens is 300 g/mol. The van der Waals surface area contributed by atoms with Gasteiger partial charge in [-0.05, 0) is 36.8 Å². The van der Waals surface area contributed by atoms with Crippen molar-refractivity contribution in [1.82, 2.24) is 5.32 Å². The first-order valence-corrected chi connectivity index (χ1v) is 7.28. The number of hydrogen-bond donors (Lipinski definition) is 2. The molecule has 0 aromatic heterocycles. The number of amides is 2. The summed E-state index contributed by atoms with van der Waals surface area (Å²) in [5, 5.41) is 5.90. The summed E-state index contributed by atoms with van der Waals surface area (Å²) >= 11 is 5.86. The maximum Gasteiger partial charge on any atom is 0.243 e. The number of carbonyl (C=O) groups excluding carboxylic acids is 2. The molecule has 0 saturated carbocycles. The number of carbonyl (C=O) groups is 2. The molecule has 2 aromatic rings. The summed E-state index contributed by atoms with van der Waals surface area (Å²) in [5.74, 6) is -0.482. The van der Waals surface area contributed by atoms with E-state index in [0.717, 1.165) is 11.1 Å². The average Bonchev–Trinajstić information content (AvgIpc) is 2.48. The lowest BCUT2D eigenvalue weighted by atomic mass is 10.1. The number of halogens is 1. The van der Waals surface area contributed by atoms with Crippen LogP contribution in [0.4, 0.5) is 5.69 Å². The normalized spacial score (nSPS) is 10.1. The van der Waals surface area contributed by atoms with E-state index in [1.165, 1.54) is 0 Å². The number of benzene rings is 2. The van der Waals surface area contributed by atoms with E-state index in [1.54, 1.807) is 18.2 Å². The summed E-state index contributed by atoms with van der Waals surface area (Å²) in [6, 6.07) is 14.5. The highest BCUT2D eigenvalue weighted by molar-refractivity contribution is 6.30. The smallest absolute Gasteiger partial charge is 0.243 e. The van der Waals surface area contributed by atoms with Crippen LogP contribution in [0.5, 0.6) is 0 Å². The Hall–Kier alpha value is -2.33. The van der Waals surface area contributed by atoms with Gasteiger partial charge in [0.05, 0.1) is 13.0 Å². The molecule has 114 valence electrons. The number of nitrogens with one attached hydrogen (secondary N) is 2. The molecule has 4 nitrogen and oxygen atoms in total. The molecule has 2 amide bonds. The van der Waals surface area contributed by atoms with Gasteiger partial charge in [-0.2, -0.15) is 0 Å². The quantitative estimate of drug-likeness (QED) is 0.891. The van der Waals surface area contributed by atoms with Crippen LogP contribution in [0, 0.1) is 6.92 Å². The number of rotatable bonds is 5. The van der Waals surface area contributed by atoms with Crippen LogP contribution in [0.25, 0.3) is 0 Å². The van der Waals surface area contributed by atoms with E-state index in [2.05, 4.69) is 10.6 Å². The van der Waals surface area contributed by atoms with E-state index in [0.29, 0.717) is 10.7 Å². The van der Waals surface area contributed by atoms with Crippen molar-refractivity contribution in [3.8, 4) is 0 Å². The second kappa shape index (κ2) is 7.61. The molecule has 22 heavy (non-hydrogen) atoms. The molecule has 2 rings (SSSR count). The van der Waals surface area contributed by atoms with Crippen molar-refractivity contribution in [3.63, 3.8) is 0 Å². The van der Waals surface area contributed by atoms with Crippen molar-refractivity contribution in [3.05, 3.63) is 64.7 Å². The zero-order valence-corrected chi connectivity index (χ0v) is 13.0. The Balaban J connectivity index is 1.78. The van der Waals surface area contributed by atoms with Crippen molar-refractivity contribution < 1.29 is 9.59 Å². The molecule has 0 atom stereocenters. The Labute approximate surface area is 134 Å². The Morgan fingerprint density at radius 3 is 2.45 bits per heavy atom. The fourth-order valence-corrected chi connectivity index (χ4v) is 2.13. The summed E-state index contributed by atoms with van der Waals surface area (Å²) in [5.41, 5.74) is 2.64. The first kappa shape index (κ1) is 16.0. The second-order valence-corrected chi connectivity index (χ2v) is 5.43. The van der Waals surface area contributed by atoms with Crippen molar-refractivity contribution in [2.45, 2.75) is 13.3 Å². The largest absolute Gasteiger partial charge is 0.347 e. The van der Waals surface area contributed by atoms with Gasteiger partial charge < -0.3 is 10.6 Å². The van der Waals surface area contributed by atoms with Gasteiger partial charge in [0.15, 0.2) is 0 Å². The predicted octanol–water partition coefficient (Wildman–Crippen LogP) is 2.95.